The first-order valence-electron chi connectivity index (χ1n) is 10.7. The van der Waals surface area contributed by atoms with Crippen LogP contribution in [0.1, 0.15) is 24.2 Å². The fraction of sp³-hybridized carbons (Fsp3) is 0.391. The number of amides is 1. The summed E-state index contributed by atoms with van der Waals surface area (Å²) in [4.78, 5) is 25.6. The number of anilines is 1. The molecule has 3 heterocycles. The lowest BCUT2D eigenvalue weighted by Gasteiger charge is -2.35. The van der Waals surface area contributed by atoms with Gasteiger partial charge in [-0.3, -0.25) is 4.79 Å². The third kappa shape index (κ3) is 4.82. The minimum Gasteiger partial charge on any atom is -0.494 e. The maximum atomic E-state index is 13.0. The van der Waals surface area contributed by atoms with Crippen LogP contribution in [0.4, 0.5) is 5.82 Å². The predicted molar refractivity (Wildman–Crippen MR) is 121 cm³/mol. The van der Waals surface area contributed by atoms with Crippen LogP contribution in [0.25, 0.3) is 5.69 Å². The van der Waals surface area contributed by atoms with Gasteiger partial charge in [-0.1, -0.05) is 26.0 Å². The van der Waals surface area contributed by atoms with E-state index >= 15 is 0 Å². The molecule has 0 aliphatic carbocycles. The average Bonchev–Trinajstić information content (AvgIpc) is 3.32. The van der Waals surface area contributed by atoms with E-state index in [2.05, 4.69) is 33.8 Å². The van der Waals surface area contributed by atoms with Crippen LogP contribution in [-0.4, -0.2) is 70.5 Å². The topological polar surface area (TPSA) is 85.6 Å². The molecule has 1 aliphatic rings. The highest BCUT2D eigenvalue weighted by Gasteiger charge is 2.24. The van der Waals surface area contributed by atoms with Crippen LogP contribution < -0.4 is 14.4 Å². The molecule has 1 aliphatic heterocycles. The van der Waals surface area contributed by atoms with Crippen molar-refractivity contribution in [3.05, 3.63) is 54.6 Å². The lowest BCUT2D eigenvalue weighted by atomic mass is 10.2. The summed E-state index contributed by atoms with van der Waals surface area (Å²) >= 11 is 0. The monoisotopic (exact) mass is 436 g/mol. The standard InChI is InChI=1S/C23H28N6O3/c1-17(2)15-32-22-12-21(24-16-25-22)27-8-10-28(11-9-27)23(30)18-13-26-29(14-18)19-6-4-5-7-20(19)31-3/h4-7,12-14,16-17H,8-11,15H2,1-3H3. The summed E-state index contributed by atoms with van der Waals surface area (Å²) in [5.41, 5.74) is 1.34. The van der Waals surface area contributed by atoms with Crippen LogP contribution in [0.2, 0.25) is 0 Å². The van der Waals surface area contributed by atoms with Gasteiger partial charge in [0.15, 0.2) is 0 Å². The van der Waals surface area contributed by atoms with Crippen molar-refractivity contribution in [2.24, 2.45) is 5.92 Å². The Balaban J connectivity index is 1.38. The summed E-state index contributed by atoms with van der Waals surface area (Å²) in [6.45, 7) is 7.38. The first-order valence-corrected chi connectivity index (χ1v) is 10.7. The van der Waals surface area contributed by atoms with Crippen molar-refractivity contribution in [3.63, 3.8) is 0 Å². The summed E-state index contributed by atoms with van der Waals surface area (Å²) < 4.78 is 12.8. The van der Waals surface area contributed by atoms with Crippen molar-refractivity contribution in [3.8, 4) is 17.3 Å². The highest BCUT2D eigenvalue weighted by atomic mass is 16.5. The third-order valence-corrected chi connectivity index (χ3v) is 5.24. The number of hydrogen-bond acceptors (Lipinski definition) is 7. The van der Waals surface area contributed by atoms with Gasteiger partial charge in [0.1, 0.15) is 23.6 Å². The molecule has 3 aromatic rings. The lowest BCUT2D eigenvalue weighted by Crippen LogP contribution is -2.49. The number of benzene rings is 1. The fourth-order valence-electron chi connectivity index (χ4n) is 3.54. The van der Waals surface area contributed by atoms with Crippen LogP contribution in [0.15, 0.2) is 49.1 Å². The summed E-state index contributed by atoms with van der Waals surface area (Å²) in [7, 11) is 1.62. The van der Waals surface area contributed by atoms with E-state index in [0.717, 1.165) is 11.5 Å². The van der Waals surface area contributed by atoms with E-state index in [1.165, 1.54) is 6.33 Å². The molecule has 0 bridgehead atoms. The van der Waals surface area contributed by atoms with Gasteiger partial charge >= 0.3 is 0 Å². The predicted octanol–water partition coefficient (Wildman–Crippen LogP) is 2.67. The first-order chi connectivity index (χ1) is 15.5. The lowest BCUT2D eigenvalue weighted by molar-refractivity contribution is 0.0746. The Morgan fingerprint density at radius 1 is 1.12 bits per heavy atom. The van der Waals surface area contributed by atoms with Gasteiger partial charge < -0.3 is 19.3 Å². The SMILES string of the molecule is COc1ccccc1-n1cc(C(=O)N2CCN(c3cc(OCC(C)C)ncn3)CC2)cn1. The van der Waals surface area contributed by atoms with E-state index in [1.807, 2.05) is 35.2 Å². The maximum absolute atomic E-state index is 13.0. The average molecular weight is 437 g/mol. The van der Waals surface area contributed by atoms with Gasteiger partial charge in [0.25, 0.3) is 5.91 Å². The molecule has 0 atom stereocenters. The summed E-state index contributed by atoms with van der Waals surface area (Å²) in [6.07, 6.45) is 4.87. The van der Waals surface area contributed by atoms with Crippen molar-refractivity contribution in [1.82, 2.24) is 24.6 Å². The van der Waals surface area contributed by atoms with Gasteiger partial charge in [0, 0.05) is 38.4 Å². The molecule has 9 nitrogen and oxygen atoms in total. The zero-order valence-electron chi connectivity index (χ0n) is 18.6. The normalized spacial score (nSPS) is 14.0. The number of para-hydroxylation sites is 2. The molecule has 9 heteroatoms. The number of nitrogens with zero attached hydrogens (tertiary/aromatic N) is 6. The fourth-order valence-corrected chi connectivity index (χ4v) is 3.54. The molecule has 168 valence electrons. The number of methoxy groups -OCH3 is 1. The second kappa shape index (κ2) is 9.67. The highest BCUT2D eigenvalue weighted by molar-refractivity contribution is 5.94. The summed E-state index contributed by atoms with van der Waals surface area (Å²) in [5, 5.41) is 4.36. The van der Waals surface area contributed by atoms with Gasteiger partial charge in [-0.25, -0.2) is 14.6 Å². The maximum Gasteiger partial charge on any atom is 0.257 e. The Kier molecular flexibility index (Phi) is 6.53. The number of carbonyl (C=O) groups is 1. The minimum absolute atomic E-state index is 0.0329. The molecular formula is C23H28N6O3. The molecule has 32 heavy (non-hydrogen) atoms. The van der Waals surface area contributed by atoms with E-state index < -0.39 is 0 Å². The van der Waals surface area contributed by atoms with Gasteiger partial charge in [-0.15, -0.1) is 0 Å². The zero-order valence-corrected chi connectivity index (χ0v) is 18.6. The van der Waals surface area contributed by atoms with Gasteiger partial charge in [-0.05, 0) is 18.1 Å². The van der Waals surface area contributed by atoms with E-state index in [4.69, 9.17) is 9.47 Å². The van der Waals surface area contributed by atoms with Crippen molar-refractivity contribution >= 4 is 11.7 Å². The molecule has 0 radical (unpaired) electrons. The molecule has 0 unspecified atom stereocenters. The van der Waals surface area contributed by atoms with Crippen molar-refractivity contribution in [2.45, 2.75) is 13.8 Å². The number of carbonyl (C=O) groups excluding carboxylic acids is 1. The van der Waals surface area contributed by atoms with E-state index in [9.17, 15) is 4.79 Å². The first kappa shape index (κ1) is 21.6. The number of hydrogen-bond donors (Lipinski definition) is 0. The van der Waals surface area contributed by atoms with E-state index in [-0.39, 0.29) is 5.91 Å². The van der Waals surface area contributed by atoms with Crippen LogP contribution in [0.5, 0.6) is 11.6 Å². The molecule has 1 amide bonds. The Morgan fingerprint density at radius 2 is 1.91 bits per heavy atom. The molecule has 0 spiro atoms. The number of ether oxygens (including phenoxy) is 2. The van der Waals surface area contributed by atoms with E-state index in [1.54, 1.807) is 24.2 Å². The molecule has 1 aromatic carbocycles. The second-order valence-electron chi connectivity index (χ2n) is 8.04. The van der Waals surface area contributed by atoms with Crippen molar-refractivity contribution < 1.29 is 14.3 Å². The number of rotatable bonds is 7. The van der Waals surface area contributed by atoms with Crippen LogP contribution in [-0.2, 0) is 0 Å². The largest absolute Gasteiger partial charge is 0.494 e. The van der Waals surface area contributed by atoms with Crippen LogP contribution in [0.3, 0.4) is 0 Å². The third-order valence-electron chi connectivity index (χ3n) is 5.24. The number of aromatic nitrogens is 4. The van der Waals surface area contributed by atoms with Gasteiger partial charge in [0.05, 0.1) is 25.5 Å². The highest BCUT2D eigenvalue weighted by Crippen LogP contribution is 2.22. The van der Waals surface area contributed by atoms with Crippen LogP contribution >= 0.6 is 0 Å². The zero-order chi connectivity index (χ0) is 22.5. The molecular weight excluding hydrogens is 408 g/mol. The molecule has 2 aromatic heterocycles. The Hall–Kier alpha value is -3.62. The molecule has 1 fully saturated rings. The smallest absolute Gasteiger partial charge is 0.257 e. The minimum atomic E-state index is -0.0329. The molecule has 1 saturated heterocycles. The van der Waals surface area contributed by atoms with Gasteiger partial charge in [-0.2, -0.15) is 5.10 Å². The Morgan fingerprint density at radius 3 is 2.66 bits per heavy atom. The van der Waals surface area contributed by atoms with Crippen molar-refractivity contribution in [2.75, 3.05) is 44.8 Å². The summed E-state index contributed by atoms with van der Waals surface area (Å²) in [6, 6.07) is 9.43. The molecule has 0 N–H and O–H groups in total. The second-order valence-corrected chi connectivity index (χ2v) is 8.04. The quantitative estimate of drug-likeness (QED) is 0.563. The van der Waals surface area contributed by atoms with Crippen LogP contribution in [0, 0.1) is 5.92 Å². The summed E-state index contributed by atoms with van der Waals surface area (Å²) in [5.74, 6) is 2.48. The molecule has 0 saturated carbocycles. The Labute approximate surface area is 187 Å². The van der Waals surface area contributed by atoms with E-state index in [0.29, 0.717) is 55.9 Å². The van der Waals surface area contributed by atoms with Gasteiger partial charge in [0.2, 0.25) is 5.88 Å². The number of piperazine rings is 1. The molecule has 4 rings (SSSR count). The van der Waals surface area contributed by atoms with Crippen molar-refractivity contribution in [1.29, 1.82) is 0 Å². The Bertz CT molecular complexity index is 1060.